The third kappa shape index (κ3) is 4.05. The zero-order valence-electron chi connectivity index (χ0n) is 15.2. The topological polar surface area (TPSA) is 50.5 Å². The molecule has 4 nitrogen and oxygen atoms in total. The molecular formula is C22H14ClNO3S2. The number of carbonyl (C=O) groups is 2. The van der Waals surface area contributed by atoms with Crippen LogP contribution in [0.25, 0.3) is 17.4 Å². The fraction of sp³-hybridized carbons (Fsp3) is 0.0455. The number of nitrogens with zero attached hydrogens (tertiary/aromatic N) is 1. The molecule has 7 heteroatoms. The van der Waals surface area contributed by atoms with Crippen LogP contribution < -0.4 is 4.90 Å². The minimum Gasteiger partial charge on any atom is -0.457 e. The van der Waals surface area contributed by atoms with Crippen molar-refractivity contribution in [2.75, 3.05) is 4.90 Å². The minimum atomic E-state index is -0.203. The number of ketones is 1. The van der Waals surface area contributed by atoms with Crippen LogP contribution in [0.1, 0.15) is 23.0 Å². The first-order valence-corrected chi connectivity index (χ1v) is 10.3. The van der Waals surface area contributed by atoms with Gasteiger partial charge in [-0.3, -0.25) is 14.5 Å². The summed E-state index contributed by atoms with van der Waals surface area (Å²) in [5.74, 6) is 1.01. The maximum Gasteiger partial charge on any atom is 0.270 e. The molecule has 2 aromatic carbocycles. The fourth-order valence-electron chi connectivity index (χ4n) is 2.86. The van der Waals surface area contributed by atoms with Crippen molar-refractivity contribution in [3.05, 3.63) is 81.9 Å². The van der Waals surface area contributed by atoms with Gasteiger partial charge in [0.15, 0.2) is 10.1 Å². The Bertz CT molecular complexity index is 1150. The van der Waals surface area contributed by atoms with Crippen LogP contribution in [-0.4, -0.2) is 16.0 Å². The third-order valence-electron chi connectivity index (χ3n) is 4.35. The molecule has 0 unspecified atom stereocenters. The van der Waals surface area contributed by atoms with Crippen molar-refractivity contribution in [2.24, 2.45) is 0 Å². The van der Waals surface area contributed by atoms with Crippen LogP contribution in [0.4, 0.5) is 5.69 Å². The minimum absolute atomic E-state index is 0.0133. The summed E-state index contributed by atoms with van der Waals surface area (Å²) in [6.07, 6.45) is 1.68. The summed E-state index contributed by atoms with van der Waals surface area (Å²) in [6.45, 7) is 1.53. The highest BCUT2D eigenvalue weighted by molar-refractivity contribution is 8.27. The number of thioether (sulfide) groups is 1. The van der Waals surface area contributed by atoms with Gasteiger partial charge in [0, 0.05) is 22.2 Å². The van der Waals surface area contributed by atoms with Gasteiger partial charge < -0.3 is 4.42 Å². The predicted molar refractivity (Wildman–Crippen MR) is 121 cm³/mol. The molecule has 1 aliphatic heterocycles. The Morgan fingerprint density at radius 1 is 1.07 bits per heavy atom. The van der Waals surface area contributed by atoms with E-state index in [-0.39, 0.29) is 11.7 Å². The molecule has 0 saturated carbocycles. The Labute approximate surface area is 182 Å². The van der Waals surface area contributed by atoms with Crippen LogP contribution in [0.2, 0.25) is 5.02 Å². The molecule has 1 aliphatic rings. The maximum atomic E-state index is 12.8. The van der Waals surface area contributed by atoms with Crippen LogP contribution in [-0.2, 0) is 4.79 Å². The number of hydrogen-bond acceptors (Lipinski definition) is 5. The number of carbonyl (C=O) groups excluding carboxylic acids is 2. The third-order valence-corrected chi connectivity index (χ3v) is 5.91. The average molecular weight is 440 g/mol. The van der Waals surface area contributed by atoms with E-state index in [2.05, 4.69) is 0 Å². The van der Waals surface area contributed by atoms with Crippen LogP contribution in [0, 0.1) is 0 Å². The second-order valence-corrected chi connectivity index (χ2v) is 8.44. The SMILES string of the molecule is CC(=O)c1ccc(-c2ccc(/C=C3\SC(=S)N(c4ccc(Cl)cc4)C3=O)o2)cc1. The summed E-state index contributed by atoms with van der Waals surface area (Å²) in [6, 6.07) is 17.8. The summed E-state index contributed by atoms with van der Waals surface area (Å²) in [5, 5.41) is 0.592. The van der Waals surface area contributed by atoms with Crippen molar-refractivity contribution in [1.29, 1.82) is 0 Å². The van der Waals surface area contributed by atoms with Gasteiger partial charge in [0.1, 0.15) is 11.5 Å². The van der Waals surface area contributed by atoms with E-state index < -0.39 is 0 Å². The standard InChI is InChI=1S/C22H14ClNO3S2/c1-13(25)14-2-4-15(5-3-14)19-11-10-18(27-19)12-20-21(26)24(22(28)29-20)17-8-6-16(23)7-9-17/h2-12H,1H3/b20-12-. The molecule has 0 spiro atoms. The summed E-state index contributed by atoms with van der Waals surface area (Å²) in [4.78, 5) is 26.2. The molecule has 2 heterocycles. The summed E-state index contributed by atoms with van der Waals surface area (Å²) >= 11 is 12.5. The van der Waals surface area contributed by atoms with Crippen molar-refractivity contribution in [2.45, 2.75) is 6.92 Å². The number of furan rings is 1. The molecule has 0 aliphatic carbocycles. The predicted octanol–water partition coefficient (Wildman–Crippen LogP) is 6.21. The molecule has 29 heavy (non-hydrogen) atoms. The van der Waals surface area contributed by atoms with Crippen LogP contribution in [0.15, 0.2) is 70.0 Å². The quantitative estimate of drug-likeness (QED) is 0.275. The highest BCUT2D eigenvalue weighted by atomic mass is 35.5. The van der Waals surface area contributed by atoms with Crippen molar-refractivity contribution >= 4 is 63.4 Å². The van der Waals surface area contributed by atoms with E-state index in [0.717, 1.165) is 5.56 Å². The second kappa shape index (κ2) is 7.99. The molecule has 0 radical (unpaired) electrons. The van der Waals surface area contributed by atoms with E-state index in [4.69, 9.17) is 28.2 Å². The highest BCUT2D eigenvalue weighted by Crippen LogP contribution is 2.37. The van der Waals surface area contributed by atoms with E-state index in [0.29, 0.717) is 37.0 Å². The van der Waals surface area contributed by atoms with Gasteiger partial charge in [-0.25, -0.2) is 0 Å². The first-order valence-electron chi connectivity index (χ1n) is 8.67. The number of Topliss-reactive ketones (excluding diaryl/α,β-unsaturated/α-hetero) is 1. The lowest BCUT2D eigenvalue weighted by Gasteiger charge is -2.14. The number of halogens is 1. The molecule has 0 N–H and O–H groups in total. The monoisotopic (exact) mass is 439 g/mol. The molecule has 1 aromatic heterocycles. The zero-order valence-corrected chi connectivity index (χ0v) is 17.6. The van der Waals surface area contributed by atoms with Crippen LogP contribution >= 0.6 is 35.6 Å². The Hall–Kier alpha value is -2.67. The Morgan fingerprint density at radius 2 is 1.76 bits per heavy atom. The highest BCUT2D eigenvalue weighted by Gasteiger charge is 2.33. The van der Waals surface area contributed by atoms with Crippen molar-refractivity contribution in [3.8, 4) is 11.3 Å². The van der Waals surface area contributed by atoms with Gasteiger partial charge in [-0.2, -0.15) is 0 Å². The van der Waals surface area contributed by atoms with E-state index in [1.54, 1.807) is 48.5 Å². The van der Waals surface area contributed by atoms with E-state index in [1.165, 1.54) is 23.6 Å². The molecule has 3 aromatic rings. The van der Waals surface area contributed by atoms with Crippen LogP contribution in [0.5, 0.6) is 0 Å². The lowest BCUT2D eigenvalue weighted by molar-refractivity contribution is -0.113. The normalized spacial score (nSPS) is 15.4. The molecule has 1 saturated heterocycles. The number of anilines is 1. The molecule has 144 valence electrons. The first kappa shape index (κ1) is 19.6. The van der Waals surface area contributed by atoms with Crippen molar-refractivity contribution in [3.63, 3.8) is 0 Å². The van der Waals surface area contributed by atoms with Crippen LogP contribution in [0.3, 0.4) is 0 Å². The van der Waals surface area contributed by atoms with Gasteiger partial charge in [0.25, 0.3) is 5.91 Å². The lowest BCUT2D eigenvalue weighted by atomic mass is 10.1. The molecule has 0 bridgehead atoms. The summed E-state index contributed by atoms with van der Waals surface area (Å²) < 4.78 is 6.32. The van der Waals surface area contributed by atoms with Gasteiger partial charge in [-0.05, 0) is 43.3 Å². The molecule has 4 rings (SSSR count). The average Bonchev–Trinajstić information content (AvgIpc) is 3.28. The van der Waals surface area contributed by atoms with E-state index in [1.807, 2.05) is 18.2 Å². The zero-order chi connectivity index (χ0) is 20.5. The molecular weight excluding hydrogens is 426 g/mol. The molecule has 0 atom stereocenters. The fourth-order valence-corrected chi connectivity index (χ4v) is 4.27. The second-order valence-electron chi connectivity index (χ2n) is 6.33. The number of rotatable bonds is 4. The summed E-state index contributed by atoms with van der Waals surface area (Å²) in [7, 11) is 0. The van der Waals surface area contributed by atoms with E-state index >= 15 is 0 Å². The smallest absolute Gasteiger partial charge is 0.270 e. The van der Waals surface area contributed by atoms with Crippen molar-refractivity contribution in [1.82, 2.24) is 0 Å². The number of benzene rings is 2. The maximum absolute atomic E-state index is 12.8. The van der Waals surface area contributed by atoms with Gasteiger partial charge in [0.2, 0.25) is 0 Å². The largest absolute Gasteiger partial charge is 0.457 e. The number of thiocarbonyl (C=S) groups is 1. The Kier molecular flexibility index (Phi) is 5.41. The lowest BCUT2D eigenvalue weighted by Crippen LogP contribution is -2.27. The van der Waals surface area contributed by atoms with E-state index in [9.17, 15) is 9.59 Å². The first-order chi connectivity index (χ1) is 13.9. The number of amides is 1. The Balaban J connectivity index is 1.57. The van der Waals surface area contributed by atoms with Gasteiger partial charge >= 0.3 is 0 Å². The van der Waals surface area contributed by atoms with Crippen molar-refractivity contribution < 1.29 is 14.0 Å². The van der Waals surface area contributed by atoms with Gasteiger partial charge in [0.05, 0.1) is 10.6 Å². The summed E-state index contributed by atoms with van der Waals surface area (Å²) in [5.41, 5.74) is 2.17. The molecule has 1 amide bonds. The van der Waals surface area contributed by atoms with Gasteiger partial charge in [-0.15, -0.1) is 0 Å². The Morgan fingerprint density at radius 3 is 2.41 bits per heavy atom. The number of hydrogen-bond donors (Lipinski definition) is 0. The van der Waals surface area contributed by atoms with Gasteiger partial charge in [-0.1, -0.05) is 59.8 Å². The molecule has 1 fully saturated rings.